The highest BCUT2D eigenvalue weighted by molar-refractivity contribution is 7.19. The maximum absolute atomic E-state index is 11.8. The predicted octanol–water partition coefficient (Wildman–Crippen LogP) is 3.13. The molecule has 2 aromatic carbocycles. The molecular formula is C18H17NO3S. The summed E-state index contributed by atoms with van der Waals surface area (Å²) in [7, 11) is 0. The fourth-order valence-electron chi connectivity index (χ4n) is 2.19. The Morgan fingerprint density at radius 3 is 2.65 bits per heavy atom. The van der Waals surface area contributed by atoms with Crippen molar-refractivity contribution in [3.63, 3.8) is 0 Å². The number of aliphatic hydroxyl groups is 1. The second-order valence-electron chi connectivity index (χ2n) is 5.11. The lowest BCUT2D eigenvalue weighted by atomic mass is 10.2. The number of benzene rings is 2. The van der Waals surface area contributed by atoms with Gasteiger partial charge in [-0.3, -0.25) is 4.79 Å². The summed E-state index contributed by atoms with van der Waals surface area (Å²) in [6.07, 6.45) is -0.715. The van der Waals surface area contributed by atoms with Crippen molar-refractivity contribution in [2.24, 2.45) is 0 Å². The lowest BCUT2D eigenvalue weighted by Gasteiger charge is -2.11. The fourth-order valence-corrected chi connectivity index (χ4v) is 3.24. The zero-order valence-electron chi connectivity index (χ0n) is 12.4. The number of para-hydroxylation sites is 1. The van der Waals surface area contributed by atoms with Gasteiger partial charge >= 0.3 is 0 Å². The van der Waals surface area contributed by atoms with E-state index in [4.69, 9.17) is 4.74 Å². The Morgan fingerprint density at radius 2 is 1.87 bits per heavy atom. The molecule has 23 heavy (non-hydrogen) atoms. The molecular weight excluding hydrogens is 310 g/mol. The highest BCUT2D eigenvalue weighted by Crippen LogP contribution is 2.29. The van der Waals surface area contributed by atoms with Gasteiger partial charge in [0.2, 0.25) is 0 Å². The smallest absolute Gasteiger partial charge is 0.258 e. The summed E-state index contributed by atoms with van der Waals surface area (Å²) in [5, 5.41) is 14.0. The topological polar surface area (TPSA) is 58.6 Å². The van der Waals surface area contributed by atoms with Gasteiger partial charge in [0.15, 0.2) is 6.61 Å². The average molecular weight is 327 g/mol. The molecule has 2 N–H and O–H groups in total. The molecule has 0 fully saturated rings. The first-order chi connectivity index (χ1) is 11.2. The summed E-state index contributed by atoms with van der Waals surface area (Å²) in [5.74, 6) is 0.390. The molecule has 4 nitrogen and oxygen atoms in total. The van der Waals surface area contributed by atoms with Crippen molar-refractivity contribution in [2.75, 3.05) is 13.2 Å². The molecule has 1 atom stereocenters. The quantitative estimate of drug-likeness (QED) is 0.731. The normalized spacial score (nSPS) is 12.0. The Morgan fingerprint density at radius 1 is 1.13 bits per heavy atom. The van der Waals surface area contributed by atoms with Crippen LogP contribution in [0.15, 0.2) is 60.7 Å². The summed E-state index contributed by atoms with van der Waals surface area (Å²) < 4.78 is 6.49. The first-order valence-corrected chi connectivity index (χ1v) is 8.15. The van der Waals surface area contributed by atoms with Crippen molar-refractivity contribution in [3.05, 3.63) is 65.5 Å². The Kier molecular flexibility index (Phi) is 4.90. The summed E-state index contributed by atoms with van der Waals surface area (Å²) >= 11 is 1.53. The third kappa shape index (κ3) is 4.09. The van der Waals surface area contributed by atoms with E-state index in [1.807, 2.05) is 48.5 Å². The summed E-state index contributed by atoms with van der Waals surface area (Å²) in [4.78, 5) is 12.6. The van der Waals surface area contributed by atoms with Crippen LogP contribution in [-0.2, 0) is 4.79 Å². The molecule has 1 unspecified atom stereocenters. The van der Waals surface area contributed by atoms with Gasteiger partial charge in [0.05, 0.1) is 0 Å². The largest absolute Gasteiger partial charge is 0.484 e. The van der Waals surface area contributed by atoms with Gasteiger partial charge in [-0.05, 0) is 29.7 Å². The Balaban J connectivity index is 1.50. The number of hydrogen-bond acceptors (Lipinski definition) is 4. The van der Waals surface area contributed by atoms with Gasteiger partial charge in [-0.15, -0.1) is 11.3 Å². The van der Waals surface area contributed by atoms with Gasteiger partial charge < -0.3 is 15.2 Å². The van der Waals surface area contributed by atoms with Crippen LogP contribution in [0.5, 0.6) is 5.75 Å². The van der Waals surface area contributed by atoms with E-state index in [0.717, 1.165) is 15.0 Å². The number of aliphatic hydroxyl groups excluding tert-OH is 1. The average Bonchev–Trinajstić information content (AvgIpc) is 3.03. The third-order valence-corrected chi connectivity index (χ3v) is 4.60. The molecule has 3 aromatic rings. The number of carbonyl (C=O) groups is 1. The van der Waals surface area contributed by atoms with E-state index in [9.17, 15) is 9.90 Å². The van der Waals surface area contributed by atoms with Gasteiger partial charge in [-0.25, -0.2) is 0 Å². The molecule has 3 rings (SSSR count). The molecule has 0 aliphatic rings. The molecule has 1 amide bonds. The molecule has 1 heterocycles. The number of ether oxygens (including phenoxy) is 1. The second-order valence-corrected chi connectivity index (χ2v) is 6.22. The van der Waals surface area contributed by atoms with E-state index in [1.165, 1.54) is 11.3 Å². The van der Waals surface area contributed by atoms with Crippen LogP contribution < -0.4 is 10.1 Å². The number of nitrogens with one attached hydrogen (secondary N) is 1. The lowest BCUT2D eigenvalue weighted by Crippen LogP contribution is -2.32. The summed E-state index contributed by atoms with van der Waals surface area (Å²) in [6, 6.07) is 19.1. The molecule has 118 valence electrons. The highest BCUT2D eigenvalue weighted by Gasteiger charge is 2.13. The second kappa shape index (κ2) is 7.26. The highest BCUT2D eigenvalue weighted by atomic mass is 32.1. The van der Waals surface area contributed by atoms with Gasteiger partial charge in [-0.2, -0.15) is 0 Å². The van der Waals surface area contributed by atoms with Crippen LogP contribution in [0, 0.1) is 0 Å². The van der Waals surface area contributed by atoms with Gasteiger partial charge in [0, 0.05) is 16.1 Å². The minimum absolute atomic E-state index is 0.0663. The summed E-state index contributed by atoms with van der Waals surface area (Å²) in [5.41, 5.74) is 0. The molecule has 0 saturated carbocycles. The molecule has 0 aliphatic heterocycles. The lowest BCUT2D eigenvalue weighted by molar-refractivity contribution is -0.123. The molecule has 0 bridgehead atoms. The van der Waals surface area contributed by atoms with Gasteiger partial charge in [-0.1, -0.05) is 36.4 Å². The number of fused-ring (bicyclic) bond motifs is 1. The maximum atomic E-state index is 11.8. The van der Waals surface area contributed by atoms with Crippen molar-refractivity contribution >= 4 is 27.3 Å². The van der Waals surface area contributed by atoms with E-state index in [-0.39, 0.29) is 19.1 Å². The Labute approximate surface area is 138 Å². The Hall–Kier alpha value is -2.37. The summed E-state index contributed by atoms with van der Waals surface area (Å²) in [6.45, 7) is 0.104. The van der Waals surface area contributed by atoms with E-state index in [1.54, 1.807) is 12.1 Å². The van der Waals surface area contributed by atoms with Crippen LogP contribution in [0.1, 0.15) is 11.0 Å². The molecule has 0 spiro atoms. The first kappa shape index (κ1) is 15.5. The fraction of sp³-hybridized carbons (Fsp3) is 0.167. The van der Waals surface area contributed by atoms with Crippen molar-refractivity contribution in [2.45, 2.75) is 6.10 Å². The molecule has 0 aliphatic carbocycles. The molecule has 0 saturated heterocycles. The number of amides is 1. The van der Waals surface area contributed by atoms with Crippen LogP contribution in [0.3, 0.4) is 0 Å². The standard InChI is InChI=1S/C18H17NO3S/c20-15(17-10-13-6-4-5-9-16(13)23-17)11-19-18(21)12-22-14-7-2-1-3-8-14/h1-10,15,20H,11-12H2,(H,19,21). The van der Waals surface area contributed by atoms with E-state index in [2.05, 4.69) is 5.32 Å². The monoisotopic (exact) mass is 327 g/mol. The van der Waals surface area contributed by atoms with Crippen LogP contribution in [-0.4, -0.2) is 24.2 Å². The molecule has 5 heteroatoms. The van der Waals surface area contributed by atoms with E-state index >= 15 is 0 Å². The van der Waals surface area contributed by atoms with E-state index < -0.39 is 6.10 Å². The minimum Gasteiger partial charge on any atom is -0.484 e. The minimum atomic E-state index is -0.715. The number of thiophene rings is 1. The third-order valence-electron chi connectivity index (χ3n) is 3.38. The van der Waals surface area contributed by atoms with E-state index in [0.29, 0.717) is 5.75 Å². The zero-order valence-corrected chi connectivity index (χ0v) is 13.3. The number of rotatable bonds is 6. The van der Waals surface area contributed by atoms with Crippen LogP contribution in [0.25, 0.3) is 10.1 Å². The van der Waals surface area contributed by atoms with Crippen LogP contribution in [0.4, 0.5) is 0 Å². The van der Waals surface area contributed by atoms with Crippen molar-refractivity contribution in [1.29, 1.82) is 0 Å². The van der Waals surface area contributed by atoms with Gasteiger partial charge in [0.1, 0.15) is 11.9 Å². The van der Waals surface area contributed by atoms with Crippen LogP contribution in [0.2, 0.25) is 0 Å². The number of hydrogen-bond donors (Lipinski definition) is 2. The molecule has 0 radical (unpaired) electrons. The first-order valence-electron chi connectivity index (χ1n) is 7.33. The van der Waals surface area contributed by atoms with Crippen molar-refractivity contribution in [1.82, 2.24) is 5.32 Å². The molecule has 1 aromatic heterocycles. The van der Waals surface area contributed by atoms with Crippen LogP contribution >= 0.6 is 11.3 Å². The predicted molar refractivity (Wildman–Crippen MR) is 91.7 cm³/mol. The van der Waals surface area contributed by atoms with Crippen molar-refractivity contribution in [3.8, 4) is 5.75 Å². The Bertz CT molecular complexity index is 752. The maximum Gasteiger partial charge on any atom is 0.258 e. The number of carbonyl (C=O) groups excluding carboxylic acids is 1. The van der Waals surface area contributed by atoms with Crippen molar-refractivity contribution < 1.29 is 14.6 Å². The zero-order chi connectivity index (χ0) is 16.1. The SMILES string of the molecule is O=C(COc1ccccc1)NCC(O)c1cc2ccccc2s1. The van der Waals surface area contributed by atoms with Gasteiger partial charge in [0.25, 0.3) is 5.91 Å².